The molecule has 29 heteroatoms. The van der Waals surface area contributed by atoms with Crippen molar-refractivity contribution < 1.29 is 65.9 Å². The fraction of sp³-hybridized carbons (Fsp3) is 0.140. The van der Waals surface area contributed by atoms with E-state index in [1.54, 1.807) is 0 Å². The number of nitrogens with two attached hydrogens (primary N) is 1. The second-order valence-electron chi connectivity index (χ2n) is 14.2. The summed E-state index contributed by atoms with van der Waals surface area (Å²) in [7, 11) is 0. The van der Waals surface area contributed by atoms with Crippen molar-refractivity contribution in [2.24, 2.45) is 10.7 Å². The summed E-state index contributed by atoms with van der Waals surface area (Å²) in [5, 5.41) is 67.1. The molecule has 0 saturated carbocycles. The summed E-state index contributed by atoms with van der Waals surface area (Å²) in [4.78, 5) is 16.3. The standard InChI is InChI=1S/C43H9F15N14/c1-11(68-18(8-64)31(16(67)6-62)42(53,54)55)13(3-59)21-33(44)24-25(34(21)45)27-29(38(49)23(37(27)48)15(5-61)40-71-19(9-65)32(43(56,57)58)20(10-66)72-40)28-26(24)35(46)22(36(28)47)14(4-60)39-69-12(2)30(41(50,51)52)17(7-63)70-39/h11H,67H2,1-2H3/b21-13-,22-14+,23-15-,31-16+,68-18-. The van der Waals surface area contributed by atoms with E-state index in [9.17, 15) is 76.3 Å². The molecule has 2 N–H and O–H groups in total. The molecule has 3 aliphatic carbocycles. The number of allylic oxidation sites excluding steroid dienone is 7. The monoisotopic (exact) mass is 1010 g/mol. The predicted molar refractivity (Wildman–Crippen MR) is 207 cm³/mol. The summed E-state index contributed by atoms with van der Waals surface area (Å²) in [6.07, 6.45) is -16.6. The van der Waals surface area contributed by atoms with Gasteiger partial charge in [0, 0.05) is 31.3 Å². The van der Waals surface area contributed by atoms with E-state index in [0.29, 0.717) is 13.8 Å². The Morgan fingerprint density at radius 1 is 0.500 bits per heavy atom. The first-order valence-electron chi connectivity index (χ1n) is 18.5. The Bertz CT molecular complexity index is 4040. The van der Waals surface area contributed by atoms with Crippen molar-refractivity contribution in [1.29, 1.82) is 42.1 Å². The molecule has 0 fully saturated rings. The highest BCUT2D eigenvalue weighted by molar-refractivity contribution is 6.13. The topological polar surface area (TPSA) is 280 Å². The van der Waals surface area contributed by atoms with Gasteiger partial charge in [0.2, 0.25) is 0 Å². The third kappa shape index (κ3) is 7.74. The fourth-order valence-corrected chi connectivity index (χ4v) is 7.56. The number of alkyl halides is 9. The maximum Gasteiger partial charge on any atom is 0.422 e. The largest absolute Gasteiger partial charge is 0.422 e. The predicted octanol–water partition coefficient (Wildman–Crippen LogP) is 4.16. The summed E-state index contributed by atoms with van der Waals surface area (Å²) in [5.74, 6) is -16.9. The molecule has 356 valence electrons. The van der Waals surface area contributed by atoms with E-state index in [-0.39, 0.29) is 0 Å². The summed E-state index contributed by atoms with van der Waals surface area (Å²) in [6, 6.07) is 5.75. The minimum Gasteiger partial charge on any atom is -0.390 e. The Kier molecular flexibility index (Phi) is 12.7. The summed E-state index contributed by atoms with van der Waals surface area (Å²) < 4.78 is 228. The van der Waals surface area contributed by atoms with Gasteiger partial charge in [-0.05, 0) is 13.8 Å². The number of halogens is 15. The van der Waals surface area contributed by atoms with Crippen molar-refractivity contribution in [2.45, 2.75) is 38.4 Å². The number of fused-ring (bicyclic) bond motifs is 6. The summed E-state index contributed by atoms with van der Waals surface area (Å²) in [5.41, 5.74) is -20.9. The van der Waals surface area contributed by atoms with Crippen molar-refractivity contribution in [2.75, 3.05) is 0 Å². The lowest BCUT2D eigenvalue weighted by Gasteiger charge is -2.13. The number of aromatic nitrogens is 4. The molecule has 0 radical (unpaired) electrons. The fourth-order valence-electron chi connectivity index (χ4n) is 7.56. The summed E-state index contributed by atoms with van der Waals surface area (Å²) in [6.45, 7) is 1.21. The molecule has 14 nitrogen and oxygen atoms in total. The van der Waals surface area contributed by atoms with E-state index < -0.39 is 187 Å². The Morgan fingerprint density at radius 3 is 1.14 bits per heavy atom. The van der Waals surface area contributed by atoms with Crippen molar-refractivity contribution in [1.82, 2.24) is 19.9 Å². The van der Waals surface area contributed by atoms with Gasteiger partial charge in [0.05, 0.1) is 40.1 Å². The Morgan fingerprint density at radius 2 is 0.847 bits per heavy atom. The molecule has 0 spiro atoms. The molecule has 3 aromatic rings. The first kappa shape index (κ1) is 51.3. The highest BCUT2D eigenvalue weighted by Gasteiger charge is 2.44. The zero-order valence-corrected chi connectivity index (χ0v) is 34.6. The van der Waals surface area contributed by atoms with E-state index >= 15 is 26.3 Å². The summed E-state index contributed by atoms with van der Waals surface area (Å²) >= 11 is 0. The molecule has 0 aliphatic heterocycles. The third-order valence-electron chi connectivity index (χ3n) is 10.3. The molecule has 2 heterocycles. The highest BCUT2D eigenvalue weighted by Crippen LogP contribution is 2.39. The molecular weight excluding hydrogens is 998 g/mol. The normalized spacial score (nSPS) is 17.2. The van der Waals surface area contributed by atoms with E-state index in [4.69, 9.17) is 11.0 Å². The number of rotatable bonds is 5. The van der Waals surface area contributed by atoms with Crippen LogP contribution in [0.4, 0.5) is 65.9 Å². The second-order valence-corrected chi connectivity index (χ2v) is 14.2. The van der Waals surface area contributed by atoms with Crippen LogP contribution in [0.1, 0.15) is 52.5 Å². The van der Waals surface area contributed by atoms with Crippen molar-refractivity contribution in [3.8, 4) is 48.6 Å². The van der Waals surface area contributed by atoms with Gasteiger partial charge in [-0.15, -0.1) is 0 Å². The SMILES string of the molecule is Cc1nc(/C(C#N)=C2/C(F)=c3c(c4c(c5c3=C(F)/C(=C(/C#N)c3nc(C#N)c(C(F)(F)F)c(C#N)n3)C=5F)=C(F)/C(=C(/C#N)C(C)/N=C(C#N)\C(=C(/N)C#N)C(F)(F)F)C=4F)=C2F)nc(C#N)c1C(F)(F)F. The minimum atomic E-state index is -5.64. The van der Waals surface area contributed by atoms with Gasteiger partial charge in [-0.3, -0.25) is 4.99 Å². The van der Waals surface area contributed by atoms with Gasteiger partial charge in [0.25, 0.3) is 0 Å². The van der Waals surface area contributed by atoms with Crippen LogP contribution in [0.15, 0.2) is 38.6 Å². The quantitative estimate of drug-likeness (QED) is 0.214. The first-order chi connectivity index (χ1) is 33.6. The van der Waals surface area contributed by atoms with Gasteiger partial charge in [-0.1, -0.05) is 0 Å². The molecule has 0 bridgehead atoms. The molecule has 3 aliphatic rings. The van der Waals surface area contributed by atoms with Crippen molar-refractivity contribution >= 4 is 51.8 Å². The molecule has 0 amide bonds. The Balaban J connectivity index is 1.94. The van der Waals surface area contributed by atoms with Crippen LogP contribution < -0.4 is 37.0 Å². The number of nitriles is 8. The lowest BCUT2D eigenvalue weighted by molar-refractivity contribution is -0.139. The number of nitrogens with zero attached hydrogens (tertiary/aromatic N) is 13. The van der Waals surface area contributed by atoms with Crippen LogP contribution >= 0.6 is 0 Å². The molecular formula is C43H9F15N14. The number of hydrogen-bond donors (Lipinski definition) is 1. The van der Waals surface area contributed by atoms with Crippen LogP contribution in [-0.4, -0.2) is 37.9 Å². The average molecular weight is 1010 g/mol. The van der Waals surface area contributed by atoms with E-state index in [1.807, 2.05) is 0 Å². The van der Waals surface area contributed by atoms with Crippen LogP contribution in [0.5, 0.6) is 0 Å². The molecule has 2 aromatic heterocycles. The van der Waals surface area contributed by atoms with Crippen LogP contribution in [0.2, 0.25) is 0 Å². The molecule has 0 saturated heterocycles. The Labute approximate surface area is 387 Å². The number of aryl methyl sites for hydroxylation is 1. The lowest BCUT2D eigenvalue weighted by atomic mass is 10.0. The minimum absolute atomic E-state index is 0.605. The maximum absolute atomic E-state index is 17.2. The lowest BCUT2D eigenvalue weighted by Crippen LogP contribution is -2.64. The molecule has 1 unspecified atom stereocenters. The molecule has 1 atom stereocenters. The van der Waals surface area contributed by atoms with Crippen LogP contribution in [-0.2, 0) is 12.4 Å². The number of aliphatic imine (C=N–C) groups is 1. The first-order valence-corrected chi connectivity index (χ1v) is 18.5. The maximum atomic E-state index is 17.2. The third-order valence-corrected chi connectivity index (χ3v) is 10.3. The van der Waals surface area contributed by atoms with Gasteiger partial charge in [0.1, 0.15) is 111 Å². The molecule has 72 heavy (non-hydrogen) atoms. The zero-order valence-electron chi connectivity index (χ0n) is 34.6. The highest BCUT2D eigenvalue weighted by atomic mass is 19.4. The van der Waals surface area contributed by atoms with Gasteiger partial charge in [0.15, 0.2) is 34.4 Å². The smallest absolute Gasteiger partial charge is 0.390 e. The van der Waals surface area contributed by atoms with Crippen LogP contribution in [0, 0.1) is 97.6 Å². The van der Waals surface area contributed by atoms with Crippen LogP contribution in [0.3, 0.4) is 0 Å². The van der Waals surface area contributed by atoms with Gasteiger partial charge in [-0.25, -0.2) is 46.3 Å². The van der Waals surface area contributed by atoms with Crippen molar-refractivity contribution in [3.63, 3.8) is 0 Å². The van der Waals surface area contributed by atoms with E-state index in [2.05, 4.69) is 24.9 Å². The van der Waals surface area contributed by atoms with E-state index in [0.717, 1.165) is 48.6 Å². The van der Waals surface area contributed by atoms with Gasteiger partial charge >= 0.3 is 18.5 Å². The van der Waals surface area contributed by atoms with Crippen molar-refractivity contribution in [3.05, 3.63) is 110 Å². The molecule has 6 rings (SSSR count). The zero-order chi connectivity index (χ0) is 54.0. The van der Waals surface area contributed by atoms with Gasteiger partial charge in [-0.2, -0.15) is 81.6 Å². The van der Waals surface area contributed by atoms with Gasteiger partial charge < -0.3 is 5.73 Å². The second kappa shape index (κ2) is 17.8. The number of hydrogen-bond acceptors (Lipinski definition) is 14. The van der Waals surface area contributed by atoms with Crippen LogP contribution in [0.25, 0.3) is 46.1 Å². The van der Waals surface area contributed by atoms with E-state index in [1.165, 1.54) is 0 Å². The average Bonchev–Trinajstić information content (AvgIpc) is 3.82. The Hall–Kier alpha value is -10.1. The molecule has 1 aromatic carbocycles. The number of benzene rings is 1.